The van der Waals surface area contributed by atoms with Gasteiger partial charge in [0.1, 0.15) is 0 Å². The molecule has 1 fully saturated rings. The smallest absolute Gasteiger partial charge is 0.0924 e. The summed E-state index contributed by atoms with van der Waals surface area (Å²) in [6.45, 7) is 0.299. The molecule has 118 valence electrons. The largest absolute Gasteiger partial charge is 0.396 e. The van der Waals surface area contributed by atoms with Crippen molar-refractivity contribution in [3.05, 3.63) is 42.9 Å². The SMILES string of the molecule is OCCCC1CC(n2cc(-c3cnc4ccccc4n3)cn2)C1. The second-order valence-corrected chi connectivity index (χ2v) is 6.31. The van der Waals surface area contributed by atoms with Crippen LogP contribution in [0.3, 0.4) is 0 Å². The summed E-state index contributed by atoms with van der Waals surface area (Å²) in [6.07, 6.45) is 10.1. The minimum absolute atomic E-state index is 0.299. The first-order valence-corrected chi connectivity index (χ1v) is 8.20. The van der Waals surface area contributed by atoms with E-state index in [0.717, 1.165) is 53.9 Å². The van der Waals surface area contributed by atoms with E-state index in [-0.39, 0.29) is 0 Å². The van der Waals surface area contributed by atoms with Crippen LogP contribution in [-0.4, -0.2) is 31.5 Å². The molecule has 1 aliphatic rings. The first-order chi connectivity index (χ1) is 11.3. The third-order valence-corrected chi connectivity index (χ3v) is 4.70. The molecule has 3 aromatic rings. The molecule has 4 rings (SSSR count). The van der Waals surface area contributed by atoms with Crippen molar-refractivity contribution in [1.82, 2.24) is 19.7 Å². The van der Waals surface area contributed by atoms with Gasteiger partial charge in [-0.2, -0.15) is 5.10 Å². The molecule has 0 radical (unpaired) electrons. The Labute approximate surface area is 135 Å². The Morgan fingerprint density at radius 1 is 1.13 bits per heavy atom. The van der Waals surface area contributed by atoms with Crippen LogP contribution in [-0.2, 0) is 0 Å². The van der Waals surface area contributed by atoms with Crippen LogP contribution in [0.15, 0.2) is 42.9 Å². The third-order valence-electron chi connectivity index (χ3n) is 4.70. The van der Waals surface area contributed by atoms with Crippen LogP contribution < -0.4 is 0 Å². The average molecular weight is 308 g/mol. The topological polar surface area (TPSA) is 63.8 Å². The number of hydrogen-bond donors (Lipinski definition) is 1. The van der Waals surface area contributed by atoms with E-state index >= 15 is 0 Å². The van der Waals surface area contributed by atoms with E-state index in [1.54, 1.807) is 0 Å². The van der Waals surface area contributed by atoms with E-state index in [9.17, 15) is 0 Å². The lowest BCUT2D eigenvalue weighted by atomic mass is 9.77. The number of nitrogens with zero attached hydrogens (tertiary/aromatic N) is 4. The number of rotatable bonds is 5. The molecule has 0 aliphatic heterocycles. The predicted molar refractivity (Wildman–Crippen MR) is 88.8 cm³/mol. The molecule has 5 nitrogen and oxygen atoms in total. The lowest BCUT2D eigenvalue weighted by Gasteiger charge is -2.35. The molecule has 5 heteroatoms. The van der Waals surface area contributed by atoms with E-state index < -0.39 is 0 Å². The molecule has 0 saturated heterocycles. The zero-order chi connectivity index (χ0) is 15.6. The van der Waals surface area contributed by atoms with Crippen LogP contribution in [0.1, 0.15) is 31.7 Å². The summed E-state index contributed by atoms with van der Waals surface area (Å²) in [5.41, 5.74) is 3.70. The standard InChI is InChI=1S/C18H20N4O/c23-7-3-4-13-8-15(9-13)22-12-14(10-20-22)18-11-19-16-5-1-2-6-17(16)21-18/h1-2,5-6,10-13,15,23H,3-4,7-9H2. The first-order valence-electron chi connectivity index (χ1n) is 8.20. The highest BCUT2D eigenvalue weighted by Gasteiger charge is 2.30. The number of aliphatic hydroxyl groups is 1. The fraction of sp³-hybridized carbons (Fsp3) is 0.389. The molecule has 2 heterocycles. The zero-order valence-corrected chi connectivity index (χ0v) is 13.0. The van der Waals surface area contributed by atoms with Gasteiger partial charge < -0.3 is 5.11 Å². The maximum absolute atomic E-state index is 8.89. The van der Waals surface area contributed by atoms with Crippen LogP contribution >= 0.6 is 0 Å². The maximum atomic E-state index is 8.89. The van der Waals surface area contributed by atoms with Crippen molar-refractivity contribution < 1.29 is 5.11 Å². The Kier molecular flexibility index (Phi) is 3.79. The minimum atomic E-state index is 0.299. The minimum Gasteiger partial charge on any atom is -0.396 e. The van der Waals surface area contributed by atoms with Crippen molar-refractivity contribution >= 4 is 11.0 Å². The van der Waals surface area contributed by atoms with Gasteiger partial charge in [-0.15, -0.1) is 0 Å². The molecular weight excluding hydrogens is 288 g/mol. The zero-order valence-electron chi connectivity index (χ0n) is 13.0. The Bertz CT molecular complexity index is 807. The third kappa shape index (κ3) is 2.84. The van der Waals surface area contributed by atoms with Crippen molar-refractivity contribution in [2.75, 3.05) is 6.61 Å². The number of fused-ring (bicyclic) bond motifs is 1. The van der Waals surface area contributed by atoms with Gasteiger partial charge in [0.15, 0.2) is 0 Å². The molecule has 1 N–H and O–H groups in total. The molecule has 0 bridgehead atoms. The van der Waals surface area contributed by atoms with Crippen molar-refractivity contribution in [1.29, 1.82) is 0 Å². The highest BCUT2D eigenvalue weighted by atomic mass is 16.2. The molecule has 2 aromatic heterocycles. The summed E-state index contributed by atoms with van der Waals surface area (Å²) in [6, 6.07) is 8.38. The van der Waals surface area contributed by atoms with E-state index in [0.29, 0.717) is 12.6 Å². The fourth-order valence-corrected chi connectivity index (χ4v) is 3.30. The Hall–Kier alpha value is -2.27. The Balaban J connectivity index is 1.49. The van der Waals surface area contributed by atoms with E-state index in [2.05, 4.69) is 25.9 Å². The van der Waals surface area contributed by atoms with Crippen LogP contribution in [0, 0.1) is 5.92 Å². The summed E-state index contributed by atoms with van der Waals surface area (Å²) in [5, 5.41) is 13.4. The van der Waals surface area contributed by atoms with Crippen LogP contribution in [0.5, 0.6) is 0 Å². The van der Waals surface area contributed by atoms with Gasteiger partial charge in [0.2, 0.25) is 0 Å². The predicted octanol–water partition coefficient (Wildman–Crippen LogP) is 3.22. The van der Waals surface area contributed by atoms with Crippen molar-refractivity contribution in [3.63, 3.8) is 0 Å². The summed E-state index contributed by atoms with van der Waals surface area (Å²) in [4.78, 5) is 9.14. The number of benzene rings is 1. The summed E-state index contributed by atoms with van der Waals surface area (Å²) < 4.78 is 2.06. The molecular formula is C18H20N4O. The van der Waals surface area contributed by atoms with Gasteiger partial charge in [-0.3, -0.25) is 9.67 Å². The van der Waals surface area contributed by atoms with Crippen molar-refractivity contribution in [2.45, 2.75) is 31.7 Å². The molecule has 1 aromatic carbocycles. The summed E-state index contributed by atoms with van der Waals surface area (Å²) in [7, 11) is 0. The number of aromatic nitrogens is 4. The van der Waals surface area contributed by atoms with Gasteiger partial charge in [-0.1, -0.05) is 12.1 Å². The van der Waals surface area contributed by atoms with Gasteiger partial charge >= 0.3 is 0 Å². The maximum Gasteiger partial charge on any atom is 0.0924 e. The number of aliphatic hydroxyl groups excluding tert-OH is 1. The first kappa shape index (κ1) is 14.3. The molecule has 0 atom stereocenters. The molecule has 0 amide bonds. The highest BCUT2D eigenvalue weighted by Crippen LogP contribution is 2.40. The summed E-state index contributed by atoms with van der Waals surface area (Å²) in [5.74, 6) is 0.736. The molecule has 0 unspecified atom stereocenters. The molecule has 1 saturated carbocycles. The second kappa shape index (κ2) is 6.08. The second-order valence-electron chi connectivity index (χ2n) is 6.31. The lowest BCUT2D eigenvalue weighted by Crippen LogP contribution is -2.27. The van der Waals surface area contributed by atoms with E-state index in [1.807, 2.05) is 36.7 Å². The van der Waals surface area contributed by atoms with Gasteiger partial charge in [0.05, 0.1) is 35.2 Å². The van der Waals surface area contributed by atoms with Crippen LogP contribution in [0.25, 0.3) is 22.3 Å². The van der Waals surface area contributed by atoms with Gasteiger partial charge in [0, 0.05) is 18.4 Å². The van der Waals surface area contributed by atoms with Crippen LogP contribution in [0.4, 0.5) is 0 Å². The van der Waals surface area contributed by atoms with Crippen molar-refractivity contribution in [2.24, 2.45) is 5.92 Å². The lowest BCUT2D eigenvalue weighted by molar-refractivity contribution is 0.159. The highest BCUT2D eigenvalue weighted by molar-refractivity contribution is 5.76. The average Bonchev–Trinajstić information content (AvgIpc) is 3.02. The number of para-hydroxylation sites is 2. The molecule has 0 spiro atoms. The quantitative estimate of drug-likeness (QED) is 0.786. The van der Waals surface area contributed by atoms with E-state index in [1.165, 1.54) is 0 Å². The van der Waals surface area contributed by atoms with Crippen LogP contribution in [0.2, 0.25) is 0 Å². The van der Waals surface area contributed by atoms with Gasteiger partial charge in [0.25, 0.3) is 0 Å². The Morgan fingerprint density at radius 3 is 2.78 bits per heavy atom. The normalized spacial score (nSPS) is 20.6. The Morgan fingerprint density at radius 2 is 1.96 bits per heavy atom. The van der Waals surface area contributed by atoms with Gasteiger partial charge in [-0.05, 0) is 43.7 Å². The summed E-state index contributed by atoms with van der Waals surface area (Å²) >= 11 is 0. The van der Waals surface area contributed by atoms with E-state index in [4.69, 9.17) is 5.11 Å². The fourth-order valence-electron chi connectivity index (χ4n) is 3.30. The molecule has 23 heavy (non-hydrogen) atoms. The van der Waals surface area contributed by atoms with Gasteiger partial charge in [-0.25, -0.2) is 4.98 Å². The number of hydrogen-bond acceptors (Lipinski definition) is 4. The van der Waals surface area contributed by atoms with Crippen molar-refractivity contribution in [3.8, 4) is 11.3 Å². The monoisotopic (exact) mass is 308 g/mol. The molecule has 1 aliphatic carbocycles.